The standard InChI is InChI=1S/C15H21NO4/c1-20-14(18)11-7-3-6-10-13(17)15(19)16-12-8-4-2-5-9-12/h2,4-5,8-9,13,17H,3,6-7,10-11H2,1H3,(H,16,19)/t13-/m1/s1. The van der Waals surface area contributed by atoms with Gasteiger partial charge in [0.25, 0.3) is 5.91 Å². The van der Waals surface area contributed by atoms with Crippen molar-refractivity contribution in [2.24, 2.45) is 0 Å². The summed E-state index contributed by atoms with van der Waals surface area (Å²) in [6.45, 7) is 0. The summed E-state index contributed by atoms with van der Waals surface area (Å²) in [4.78, 5) is 22.6. The Morgan fingerprint density at radius 3 is 2.55 bits per heavy atom. The van der Waals surface area contributed by atoms with Gasteiger partial charge in [-0.25, -0.2) is 0 Å². The minimum absolute atomic E-state index is 0.229. The van der Waals surface area contributed by atoms with Crippen molar-refractivity contribution in [2.75, 3.05) is 12.4 Å². The number of hydrogen-bond donors (Lipinski definition) is 2. The normalized spacial score (nSPS) is 11.7. The van der Waals surface area contributed by atoms with Crippen molar-refractivity contribution in [2.45, 2.75) is 38.2 Å². The molecule has 0 fully saturated rings. The Balaban J connectivity index is 2.17. The van der Waals surface area contributed by atoms with Crippen molar-refractivity contribution in [3.63, 3.8) is 0 Å². The predicted octanol–water partition coefficient (Wildman–Crippen LogP) is 2.11. The van der Waals surface area contributed by atoms with Crippen LogP contribution in [0.15, 0.2) is 30.3 Å². The molecule has 5 heteroatoms. The molecule has 0 radical (unpaired) electrons. The fourth-order valence-corrected chi connectivity index (χ4v) is 1.76. The Morgan fingerprint density at radius 2 is 1.90 bits per heavy atom. The molecule has 0 saturated heterocycles. The number of methoxy groups -OCH3 is 1. The van der Waals surface area contributed by atoms with E-state index in [1.54, 1.807) is 12.1 Å². The number of hydrogen-bond acceptors (Lipinski definition) is 4. The van der Waals surface area contributed by atoms with Crippen LogP contribution in [-0.2, 0) is 14.3 Å². The number of amides is 1. The van der Waals surface area contributed by atoms with E-state index in [4.69, 9.17) is 0 Å². The van der Waals surface area contributed by atoms with E-state index in [9.17, 15) is 14.7 Å². The number of nitrogens with one attached hydrogen (secondary N) is 1. The summed E-state index contributed by atoms with van der Waals surface area (Å²) in [6, 6.07) is 9.01. The molecule has 1 amide bonds. The summed E-state index contributed by atoms with van der Waals surface area (Å²) in [6.07, 6.45) is 1.93. The van der Waals surface area contributed by atoms with Gasteiger partial charge in [0.2, 0.25) is 0 Å². The Labute approximate surface area is 118 Å². The van der Waals surface area contributed by atoms with E-state index in [0.717, 1.165) is 6.42 Å². The number of carbonyl (C=O) groups is 2. The first-order valence-corrected chi connectivity index (χ1v) is 6.74. The lowest BCUT2D eigenvalue weighted by atomic mass is 10.1. The monoisotopic (exact) mass is 279 g/mol. The first-order valence-electron chi connectivity index (χ1n) is 6.74. The van der Waals surface area contributed by atoms with Crippen LogP contribution < -0.4 is 5.32 Å². The molecule has 0 bridgehead atoms. The number of ether oxygens (including phenoxy) is 1. The molecule has 0 heterocycles. The molecule has 0 spiro atoms. The molecule has 0 saturated carbocycles. The molecule has 0 aliphatic carbocycles. The van der Waals surface area contributed by atoms with Gasteiger partial charge in [-0.3, -0.25) is 9.59 Å². The van der Waals surface area contributed by atoms with Crippen LogP contribution in [-0.4, -0.2) is 30.2 Å². The van der Waals surface area contributed by atoms with Crippen molar-refractivity contribution in [3.05, 3.63) is 30.3 Å². The first-order chi connectivity index (χ1) is 9.63. The largest absolute Gasteiger partial charge is 0.469 e. The Bertz CT molecular complexity index is 419. The molecule has 1 atom stereocenters. The molecule has 1 aromatic carbocycles. The average molecular weight is 279 g/mol. The van der Waals surface area contributed by atoms with Crippen molar-refractivity contribution in [3.8, 4) is 0 Å². The number of para-hydroxylation sites is 1. The van der Waals surface area contributed by atoms with Crippen LogP contribution in [0.1, 0.15) is 32.1 Å². The smallest absolute Gasteiger partial charge is 0.305 e. The number of esters is 1. The summed E-state index contributed by atoms with van der Waals surface area (Å²) >= 11 is 0. The van der Waals surface area contributed by atoms with Gasteiger partial charge in [-0.15, -0.1) is 0 Å². The van der Waals surface area contributed by atoms with Crippen LogP contribution in [0.25, 0.3) is 0 Å². The molecule has 20 heavy (non-hydrogen) atoms. The zero-order chi connectivity index (χ0) is 14.8. The van der Waals surface area contributed by atoms with Crippen molar-refractivity contribution in [1.82, 2.24) is 0 Å². The fourth-order valence-electron chi connectivity index (χ4n) is 1.76. The molecule has 0 aliphatic heterocycles. The highest BCUT2D eigenvalue weighted by Gasteiger charge is 2.14. The van der Waals surface area contributed by atoms with Gasteiger partial charge in [0.15, 0.2) is 0 Å². The van der Waals surface area contributed by atoms with Crippen LogP contribution in [0.4, 0.5) is 5.69 Å². The highest BCUT2D eigenvalue weighted by Crippen LogP contribution is 2.10. The number of carbonyl (C=O) groups excluding carboxylic acids is 2. The third-order valence-corrected chi connectivity index (χ3v) is 2.93. The van der Waals surface area contributed by atoms with E-state index in [1.165, 1.54) is 7.11 Å². The summed E-state index contributed by atoms with van der Waals surface area (Å²) in [5.74, 6) is -0.628. The van der Waals surface area contributed by atoms with E-state index in [0.29, 0.717) is 31.4 Å². The number of unbranched alkanes of at least 4 members (excludes halogenated alkanes) is 2. The average Bonchev–Trinajstić information content (AvgIpc) is 2.47. The van der Waals surface area contributed by atoms with Gasteiger partial charge in [-0.05, 0) is 25.0 Å². The predicted molar refractivity (Wildman–Crippen MR) is 76.2 cm³/mol. The van der Waals surface area contributed by atoms with Gasteiger partial charge in [0.1, 0.15) is 6.10 Å². The van der Waals surface area contributed by atoms with E-state index < -0.39 is 12.0 Å². The molecule has 5 nitrogen and oxygen atoms in total. The van der Waals surface area contributed by atoms with Gasteiger partial charge >= 0.3 is 5.97 Å². The van der Waals surface area contributed by atoms with Crippen molar-refractivity contribution < 1.29 is 19.4 Å². The van der Waals surface area contributed by atoms with Crippen LogP contribution >= 0.6 is 0 Å². The molecule has 0 unspecified atom stereocenters. The lowest BCUT2D eigenvalue weighted by Crippen LogP contribution is -2.27. The number of anilines is 1. The second-order valence-electron chi connectivity index (χ2n) is 4.55. The van der Waals surface area contributed by atoms with Crippen molar-refractivity contribution in [1.29, 1.82) is 0 Å². The van der Waals surface area contributed by atoms with Gasteiger partial charge in [0.05, 0.1) is 7.11 Å². The lowest BCUT2D eigenvalue weighted by Gasteiger charge is -2.11. The molecule has 0 aromatic heterocycles. The van der Waals surface area contributed by atoms with Gasteiger partial charge < -0.3 is 15.2 Å². The summed E-state index contributed by atoms with van der Waals surface area (Å²) < 4.78 is 4.53. The molecule has 1 rings (SSSR count). The summed E-state index contributed by atoms with van der Waals surface area (Å²) in [7, 11) is 1.36. The van der Waals surface area contributed by atoms with Gasteiger partial charge in [0, 0.05) is 12.1 Å². The zero-order valence-corrected chi connectivity index (χ0v) is 11.7. The van der Waals surface area contributed by atoms with Crippen LogP contribution in [0, 0.1) is 0 Å². The zero-order valence-electron chi connectivity index (χ0n) is 11.7. The maximum atomic E-state index is 11.7. The molecule has 110 valence electrons. The van der Waals surface area contributed by atoms with Crippen LogP contribution in [0.2, 0.25) is 0 Å². The topological polar surface area (TPSA) is 75.6 Å². The molecule has 1 aromatic rings. The highest BCUT2D eigenvalue weighted by atomic mass is 16.5. The molecular weight excluding hydrogens is 258 g/mol. The second-order valence-corrected chi connectivity index (χ2v) is 4.55. The number of benzene rings is 1. The minimum Gasteiger partial charge on any atom is -0.469 e. The third kappa shape index (κ3) is 6.33. The Kier molecular flexibility index (Phi) is 7.35. The van der Waals surface area contributed by atoms with E-state index >= 15 is 0 Å². The quantitative estimate of drug-likeness (QED) is 0.564. The Morgan fingerprint density at radius 1 is 1.20 bits per heavy atom. The van der Waals surface area contributed by atoms with Crippen LogP contribution in [0.3, 0.4) is 0 Å². The molecule has 2 N–H and O–H groups in total. The number of aliphatic hydroxyl groups excluding tert-OH is 1. The maximum Gasteiger partial charge on any atom is 0.305 e. The maximum absolute atomic E-state index is 11.7. The van der Waals surface area contributed by atoms with E-state index in [-0.39, 0.29) is 5.97 Å². The summed E-state index contributed by atoms with van der Waals surface area (Å²) in [5.41, 5.74) is 0.669. The molecule has 0 aliphatic rings. The van der Waals surface area contributed by atoms with Gasteiger partial charge in [-0.2, -0.15) is 0 Å². The lowest BCUT2D eigenvalue weighted by molar-refractivity contribution is -0.140. The van der Waals surface area contributed by atoms with Crippen molar-refractivity contribution >= 4 is 17.6 Å². The molecular formula is C15H21NO4. The van der Waals surface area contributed by atoms with E-state index in [2.05, 4.69) is 10.1 Å². The van der Waals surface area contributed by atoms with Crippen LogP contribution in [0.5, 0.6) is 0 Å². The van der Waals surface area contributed by atoms with E-state index in [1.807, 2.05) is 18.2 Å². The first kappa shape index (κ1) is 16.2. The highest BCUT2D eigenvalue weighted by molar-refractivity contribution is 5.93. The second kappa shape index (κ2) is 9.09. The van der Waals surface area contributed by atoms with Gasteiger partial charge in [-0.1, -0.05) is 31.0 Å². The minimum atomic E-state index is -1.02. The number of aliphatic hydroxyl groups is 1. The SMILES string of the molecule is COC(=O)CCCCC[C@@H](O)C(=O)Nc1ccccc1. The fraction of sp³-hybridized carbons (Fsp3) is 0.467. The Hall–Kier alpha value is -1.88. The number of rotatable bonds is 8. The summed E-state index contributed by atoms with van der Waals surface area (Å²) in [5, 5.41) is 12.4. The third-order valence-electron chi connectivity index (χ3n) is 2.93.